The maximum absolute atomic E-state index is 8.99. The molecule has 0 saturated carbocycles. The maximum Gasteiger partial charge on any atom is 0.0930 e. The topological polar surface area (TPSA) is 76.3 Å². The van der Waals surface area contributed by atoms with Crippen molar-refractivity contribution >= 4 is 0 Å². The van der Waals surface area contributed by atoms with Gasteiger partial charge in [-0.05, 0) is 13.3 Å². The fourth-order valence-electron chi connectivity index (χ4n) is 0.959. The molecule has 12 heavy (non-hydrogen) atoms. The van der Waals surface area contributed by atoms with Crippen molar-refractivity contribution in [1.29, 1.82) is 5.26 Å². The van der Waals surface area contributed by atoms with Gasteiger partial charge in [0.15, 0.2) is 0 Å². The lowest BCUT2D eigenvalue weighted by Crippen LogP contribution is -2.54. The van der Waals surface area contributed by atoms with Crippen molar-refractivity contribution in [1.82, 2.24) is 5.32 Å². The van der Waals surface area contributed by atoms with Crippen LogP contribution in [0, 0.1) is 11.3 Å². The van der Waals surface area contributed by atoms with E-state index < -0.39 is 5.54 Å². The van der Waals surface area contributed by atoms with E-state index in [-0.39, 0.29) is 19.3 Å². The minimum atomic E-state index is -0.713. The Morgan fingerprint density at radius 2 is 2.00 bits per heavy atom. The molecule has 4 nitrogen and oxygen atoms in total. The molecule has 0 saturated heterocycles. The average molecular weight is 172 g/mol. The molecule has 0 fully saturated rings. The Hall–Kier alpha value is -0.630. The van der Waals surface area contributed by atoms with Gasteiger partial charge in [0.1, 0.15) is 0 Å². The molecule has 0 bridgehead atoms. The lowest BCUT2D eigenvalue weighted by Gasteiger charge is -2.30. The summed E-state index contributed by atoms with van der Waals surface area (Å²) in [5.74, 6) is 0. The van der Waals surface area contributed by atoms with Crippen LogP contribution >= 0.6 is 0 Å². The number of nitriles is 1. The predicted molar refractivity (Wildman–Crippen MR) is 45.4 cm³/mol. The number of nitrogens with zero attached hydrogens (tertiary/aromatic N) is 1. The molecular weight excluding hydrogens is 156 g/mol. The zero-order valence-corrected chi connectivity index (χ0v) is 7.54. The molecular formula is C8H16N2O2. The minimum Gasteiger partial charge on any atom is -0.394 e. The molecule has 0 aliphatic heterocycles. The second-order valence-corrected chi connectivity index (χ2v) is 2.95. The van der Waals surface area contributed by atoms with E-state index in [1.165, 1.54) is 0 Å². The first-order chi connectivity index (χ1) is 5.64. The Morgan fingerprint density at radius 1 is 1.50 bits per heavy atom. The number of aliphatic hydroxyl groups is 2. The van der Waals surface area contributed by atoms with Gasteiger partial charge >= 0.3 is 0 Å². The third-order valence-electron chi connectivity index (χ3n) is 2.00. The molecule has 0 heterocycles. The number of aliphatic hydroxyl groups excluding tert-OH is 2. The molecule has 0 radical (unpaired) electrons. The molecule has 0 aliphatic rings. The van der Waals surface area contributed by atoms with Crippen LogP contribution in [0.5, 0.6) is 0 Å². The summed E-state index contributed by atoms with van der Waals surface area (Å²) in [6, 6.07) is 1.63. The molecule has 0 aromatic carbocycles. The Morgan fingerprint density at radius 3 is 2.25 bits per heavy atom. The van der Waals surface area contributed by atoms with E-state index in [0.717, 1.165) is 0 Å². The van der Waals surface area contributed by atoms with Crippen molar-refractivity contribution in [2.75, 3.05) is 13.2 Å². The average Bonchev–Trinajstić information content (AvgIpc) is 2.14. The molecule has 4 heteroatoms. The fourth-order valence-corrected chi connectivity index (χ4v) is 0.959. The SMILES string of the molecule is CCC(CO)(CO)NC(C)C#N. The Balaban J connectivity index is 4.22. The summed E-state index contributed by atoms with van der Waals surface area (Å²) in [4.78, 5) is 0. The monoisotopic (exact) mass is 172 g/mol. The van der Waals surface area contributed by atoms with E-state index in [1.807, 2.05) is 13.0 Å². The van der Waals surface area contributed by atoms with Gasteiger partial charge < -0.3 is 10.2 Å². The molecule has 1 unspecified atom stereocenters. The quantitative estimate of drug-likeness (QED) is 0.528. The van der Waals surface area contributed by atoms with E-state index >= 15 is 0 Å². The highest BCUT2D eigenvalue weighted by atomic mass is 16.3. The zero-order chi connectivity index (χ0) is 9.61. The van der Waals surface area contributed by atoms with Crippen LogP contribution in [0.3, 0.4) is 0 Å². The Labute approximate surface area is 72.8 Å². The standard InChI is InChI=1S/C8H16N2O2/c1-3-8(5-11,6-12)10-7(2)4-9/h7,10-12H,3,5-6H2,1-2H3. The minimum absolute atomic E-state index is 0.161. The van der Waals surface area contributed by atoms with E-state index in [9.17, 15) is 0 Å². The maximum atomic E-state index is 8.99. The Bertz CT molecular complexity index is 153. The molecule has 3 N–H and O–H groups in total. The smallest absolute Gasteiger partial charge is 0.0930 e. The van der Waals surface area contributed by atoms with Crippen LogP contribution in [0.15, 0.2) is 0 Å². The summed E-state index contributed by atoms with van der Waals surface area (Å²) in [6.07, 6.45) is 0.589. The molecule has 0 aromatic heterocycles. The van der Waals surface area contributed by atoms with Gasteiger partial charge in [0.25, 0.3) is 0 Å². The van der Waals surface area contributed by atoms with Crippen molar-refractivity contribution in [2.45, 2.75) is 31.8 Å². The number of hydrogen-bond acceptors (Lipinski definition) is 4. The number of hydrogen-bond donors (Lipinski definition) is 3. The molecule has 0 aromatic rings. The summed E-state index contributed by atoms with van der Waals surface area (Å²) < 4.78 is 0. The van der Waals surface area contributed by atoms with E-state index in [1.54, 1.807) is 6.92 Å². The van der Waals surface area contributed by atoms with Gasteiger partial charge in [0, 0.05) is 0 Å². The van der Waals surface area contributed by atoms with Gasteiger partial charge in [-0.2, -0.15) is 5.26 Å². The highest BCUT2D eigenvalue weighted by Gasteiger charge is 2.27. The van der Waals surface area contributed by atoms with Crippen molar-refractivity contribution in [3.63, 3.8) is 0 Å². The molecule has 0 amide bonds. The summed E-state index contributed by atoms with van der Waals surface area (Å²) in [6.45, 7) is 3.22. The largest absolute Gasteiger partial charge is 0.394 e. The van der Waals surface area contributed by atoms with Crippen LogP contribution in [0.4, 0.5) is 0 Å². The summed E-state index contributed by atoms with van der Waals surface area (Å²) >= 11 is 0. The van der Waals surface area contributed by atoms with Crippen LogP contribution in [0.1, 0.15) is 20.3 Å². The molecule has 0 rings (SSSR count). The first-order valence-electron chi connectivity index (χ1n) is 4.03. The van der Waals surface area contributed by atoms with E-state index in [2.05, 4.69) is 5.32 Å². The van der Waals surface area contributed by atoms with Gasteiger partial charge in [-0.3, -0.25) is 5.32 Å². The van der Waals surface area contributed by atoms with Crippen LogP contribution in [0.2, 0.25) is 0 Å². The zero-order valence-electron chi connectivity index (χ0n) is 7.54. The van der Waals surface area contributed by atoms with Crippen molar-refractivity contribution in [3.05, 3.63) is 0 Å². The second kappa shape index (κ2) is 5.09. The predicted octanol–water partition coefficient (Wildman–Crippen LogP) is -0.379. The van der Waals surface area contributed by atoms with Gasteiger partial charge in [-0.25, -0.2) is 0 Å². The fraction of sp³-hybridized carbons (Fsp3) is 0.875. The molecule has 0 spiro atoms. The van der Waals surface area contributed by atoms with Crippen molar-refractivity contribution in [3.8, 4) is 6.07 Å². The third kappa shape index (κ3) is 2.78. The lowest BCUT2D eigenvalue weighted by molar-refractivity contribution is 0.0842. The molecule has 1 atom stereocenters. The first-order valence-corrected chi connectivity index (χ1v) is 4.03. The third-order valence-corrected chi connectivity index (χ3v) is 2.00. The highest BCUT2D eigenvalue weighted by molar-refractivity contribution is 4.95. The van der Waals surface area contributed by atoms with Crippen LogP contribution in [0.25, 0.3) is 0 Å². The van der Waals surface area contributed by atoms with Crippen molar-refractivity contribution in [2.24, 2.45) is 0 Å². The lowest BCUT2D eigenvalue weighted by atomic mass is 9.97. The summed E-state index contributed by atoms with van der Waals surface area (Å²) in [5.41, 5.74) is -0.713. The van der Waals surface area contributed by atoms with Gasteiger partial charge in [-0.15, -0.1) is 0 Å². The summed E-state index contributed by atoms with van der Waals surface area (Å²) in [7, 11) is 0. The number of rotatable bonds is 5. The molecule has 0 aliphatic carbocycles. The summed E-state index contributed by atoms with van der Waals surface area (Å²) in [5, 5.41) is 29.4. The van der Waals surface area contributed by atoms with Crippen LogP contribution < -0.4 is 5.32 Å². The van der Waals surface area contributed by atoms with Gasteiger partial charge in [0.2, 0.25) is 0 Å². The van der Waals surface area contributed by atoms with Crippen LogP contribution in [-0.4, -0.2) is 35.0 Å². The van der Waals surface area contributed by atoms with Crippen LogP contribution in [-0.2, 0) is 0 Å². The van der Waals surface area contributed by atoms with Gasteiger partial charge in [0.05, 0.1) is 30.9 Å². The van der Waals surface area contributed by atoms with Gasteiger partial charge in [-0.1, -0.05) is 6.92 Å². The Kier molecular flexibility index (Phi) is 4.83. The normalized spacial score (nSPS) is 13.9. The number of nitrogens with one attached hydrogen (secondary N) is 1. The highest BCUT2D eigenvalue weighted by Crippen LogP contribution is 2.08. The second-order valence-electron chi connectivity index (χ2n) is 2.95. The van der Waals surface area contributed by atoms with E-state index in [0.29, 0.717) is 6.42 Å². The molecule has 70 valence electrons. The van der Waals surface area contributed by atoms with Crippen molar-refractivity contribution < 1.29 is 10.2 Å². The first kappa shape index (κ1) is 11.4. The van der Waals surface area contributed by atoms with E-state index in [4.69, 9.17) is 15.5 Å².